The Hall–Kier alpha value is -2.08. The summed E-state index contributed by atoms with van der Waals surface area (Å²) in [6.07, 6.45) is 9.35. The van der Waals surface area contributed by atoms with Crippen molar-refractivity contribution in [1.82, 2.24) is 9.97 Å². The highest BCUT2D eigenvalue weighted by Gasteiger charge is 2.28. The number of pyridine rings is 1. The molecule has 3 rings (SSSR count). The number of esters is 1. The number of aromatic nitrogens is 2. The number of carbonyl (C=O) groups excluding carboxylic acids is 2. The molecule has 1 unspecified atom stereocenters. The number of carbonyl (C=O) groups is 2. The van der Waals surface area contributed by atoms with Gasteiger partial charge < -0.3 is 4.74 Å². The van der Waals surface area contributed by atoms with E-state index in [1.54, 1.807) is 19.3 Å². The highest BCUT2D eigenvalue weighted by atomic mass is 32.1. The second-order valence-electron chi connectivity index (χ2n) is 6.06. The molecule has 5 nitrogen and oxygen atoms in total. The van der Waals surface area contributed by atoms with E-state index in [1.807, 2.05) is 12.1 Å². The first-order valence-electron chi connectivity index (χ1n) is 8.26. The second kappa shape index (κ2) is 7.66. The Bertz CT molecular complexity index is 708. The molecule has 0 radical (unpaired) electrons. The van der Waals surface area contributed by atoms with Crippen LogP contribution in [0, 0.1) is 5.92 Å². The molecule has 1 aliphatic rings. The summed E-state index contributed by atoms with van der Waals surface area (Å²) in [6.45, 7) is 1.66. The van der Waals surface area contributed by atoms with Gasteiger partial charge in [0.25, 0.3) is 0 Å². The first kappa shape index (κ1) is 16.8. The second-order valence-corrected chi connectivity index (χ2v) is 7.09. The molecule has 24 heavy (non-hydrogen) atoms. The molecule has 0 saturated heterocycles. The minimum absolute atomic E-state index is 0.0361. The maximum Gasteiger partial charge on any atom is 0.350 e. The molecule has 2 aromatic rings. The highest BCUT2D eigenvalue weighted by Crippen LogP contribution is 2.27. The van der Waals surface area contributed by atoms with E-state index in [9.17, 15) is 9.59 Å². The lowest BCUT2D eigenvalue weighted by molar-refractivity contribution is -0.131. The standard InChI is InChI=1S/C18H20N2O3S/c1-12(16(21)13-6-3-2-4-7-13)23-18(22)15-11-20-17(24-15)14-8-5-9-19-10-14/h5,8-13H,2-4,6-7H2,1H3. The van der Waals surface area contributed by atoms with Gasteiger partial charge in [-0.25, -0.2) is 9.78 Å². The zero-order valence-electron chi connectivity index (χ0n) is 13.6. The SMILES string of the molecule is CC(OC(=O)c1cnc(-c2cccnc2)s1)C(=O)C1CCCCC1. The number of ketones is 1. The Morgan fingerprint density at radius 3 is 2.75 bits per heavy atom. The van der Waals surface area contributed by atoms with Crippen molar-refractivity contribution in [2.75, 3.05) is 0 Å². The van der Waals surface area contributed by atoms with Crippen LogP contribution in [0.1, 0.15) is 48.7 Å². The van der Waals surface area contributed by atoms with Crippen molar-refractivity contribution in [3.63, 3.8) is 0 Å². The summed E-state index contributed by atoms with van der Waals surface area (Å²) in [7, 11) is 0. The quantitative estimate of drug-likeness (QED) is 0.769. The van der Waals surface area contributed by atoms with E-state index >= 15 is 0 Å². The summed E-state index contributed by atoms with van der Waals surface area (Å²) in [4.78, 5) is 33.3. The van der Waals surface area contributed by atoms with Crippen molar-refractivity contribution < 1.29 is 14.3 Å². The minimum Gasteiger partial charge on any atom is -0.450 e. The average Bonchev–Trinajstić information content (AvgIpc) is 3.13. The van der Waals surface area contributed by atoms with Crippen LogP contribution in [0.25, 0.3) is 10.6 Å². The number of rotatable bonds is 5. The topological polar surface area (TPSA) is 69.2 Å². The molecule has 2 heterocycles. The molecule has 1 saturated carbocycles. The number of thiazole rings is 1. The number of ether oxygens (including phenoxy) is 1. The van der Waals surface area contributed by atoms with Crippen LogP contribution in [0.2, 0.25) is 0 Å². The van der Waals surface area contributed by atoms with E-state index in [0.29, 0.717) is 9.88 Å². The number of hydrogen-bond acceptors (Lipinski definition) is 6. The molecule has 0 spiro atoms. The number of hydrogen-bond donors (Lipinski definition) is 0. The summed E-state index contributed by atoms with van der Waals surface area (Å²) >= 11 is 1.25. The third kappa shape index (κ3) is 3.87. The fourth-order valence-corrected chi connectivity index (χ4v) is 3.78. The molecule has 1 atom stereocenters. The molecule has 0 aromatic carbocycles. The lowest BCUT2D eigenvalue weighted by Crippen LogP contribution is -2.31. The summed E-state index contributed by atoms with van der Waals surface area (Å²) in [5.74, 6) is -0.409. The fourth-order valence-electron chi connectivity index (χ4n) is 2.99. The van der Waals surface area contributed by atoms with E-state index < -0.39 is 12.1 Å². The smallest absolute Gasteiger partial charge is 0.350 e. The lowest BCUT2D eigenvalue weighted by Gasteiger charge is -2.23. The maximum atomic E-state index is 12.4. The van der Waals surface area contributed by atoms with Gasteiger partial charge in [-0.05, 0) is 31.9 Å². The lowest BCUT2D eigenvalue weighted by atomic mass is 9.85. The van der Waals surface area contributed by atoms with Gasteiger partial charge in [0, 0.05) is 23.9 Å². The highest BCUT2D eigenvalue weighted by molar-refractivity contribution is 7.16. The average molecular weight is 344 g/mol. The van der Waals surface area contributed by atoms with Crippen LogP contribution in [0.3, 0.4) is 0 Å². The Balaban J connectivity index is 1.62. The molecule has 0 bridgehead atoms. The molecule has 0 N–H and O–H groups in total. The van der Waals surface area contributed by atoms with Crippen LogP contribution >= 0.6 is 11.3 Å². The predicted molar refractivity (Wildman–Crippen MR) is 91.8 cm³/mol. The third-order valence-corrected chi connectivity index (χ3v) is 5.33. The zero-order valence-corrected chi connectivity index (χ0v) is 14.4. The molecule has 126 valence electrons. The normalized spacial score (nSPS) is 16.5. The molecular weight excluding hydrogens is 324 g/mol. The first-order chi connectivity index (χ1) is 11.6. The summed E-state index contributed by atoms with van der Waals surface area (Å²) in [5, 5.41) is 0.710. The van der Waals surface area contributed by atoms with Gasteiger partial charge in [0.05, 0.1) is 6.20 Å². The van der Waals surface area contributed by atoms with Gasteiger partial charge in [-0.15, -0.1) is 11.3 Å². The van der Waals surface area contributed by atoms with Crippen molar-refractivity contribution in [2.45, 2.75) is 45.1 Å². The minimum atomic E-state index is -0.704. The summed E-state index contributed by atoms with van der Waals surface area (Å²) in [6, 6.07) is 3.70. The van der Waals surface area contributed by atoms with Crippen molar-refractivity contribution in [3.8, 4) is 10.6 Å². The fraction of sp³-hybridized carbons (Fsp3) is 0.444. The van der Waals surface area contributed by atoms with Gasteiger partial charge in [-0.3, -0.25) is 9.78 Å². The van der Waals surface area contributed by atoms with Crippen LogP contribution in [0.5, 0.6) is 0 Å². The Morgan fingerprint density at radius 2 is 2.04 bits per heavy atom. The largest absolute Gasteiger partial charge is 0.450 e. The van der Waals surface area contributed by atoms with Gasteiger partial charge in [0.15, 0.2) is 11.9 Å². The van der Waals surface area contributed by atoms with E-state index in [2.05, 4.69) is 9.97 Å². The summed E-state index contributed by atoms with van der Waals surface area (Å²) < 4.78 is 5.37. The Morgan fingerprint density at radius 1 is 1.25 bits per heavy atom. The van der Waals surface area contributed by atoms with Crippen LogP contribution in [-0.2, 0) is 9.53 Å². The van der Waals surface area contributed by atoms with Crippen LogP contribution in [-0.4, -0.2) is 27.8 Å². The Kier molecular flexibility index (Phi) is 5.35. The number of Topliss-reactive ketones (excluding diaryl/α,β-unsaturated/α-hetero) is 1. The number of nitrogens with zero attached hydrogens (tertiary/aromatic N) is 2. The predicted octanol–water partition coefficient (Wildman–Crippen LogP) is 3.90. The Labute approximate surface area is 145 Å². The van der Waals surface area contributed by atoms with Crippen molar-refractivity contribution in [2.24, 2.45) is 5.92 Å². The van der Waals surface area contributed by atoms with E-state index in [1.165, 1.54) is 24.0 Å². The molecule has 1 fully saturated rings. The van der Waals surface area contributed by atoms with E-state index in [-0.39, 0.29) is 11.7 Å². The van der Waals surface area contributed by atoms with Gasteiger partial charge in [-0.2, -0.15) is 0 Å². The molecule has 0 aliphatic heterocycles. The third-order valence-electron chi connectivity index (χ3n) is 4.31. The van der Waals surface area contributed by atoms with Gasteiger partial charge in [0.2, 0.25) is 0 Å². The zero-order chi connectivity index (χ0) is 16.9. The first-order valence-corrected chi connectivity index (χ1v) is 9.07. The van der Waals surface area contributed by atoms with Crippen molar-refractivity contribution in [3.05, 3.63) is 35.6 Å². The van der Waals surface area contributed by atoms with Crippen LogP contribution < -0.4 is 0 Å². The summed E-state index contributed by atoms with van der Waals surface area (Å²) in [5.41, 5.74) is 0.855. The monoisotopic (exact) mass is 344 g/mol. The van der Waals surface area contributed by atoms with Gasteiger partial charge in [0.1, 0.15) is 9.88 Å². The molecule has 2 aromatic heterocycles. The molecule has 1 aliphatic carbocycles. The van der Waals surface area contributed by atoms with E-state index in [4.69, 9.17) is 4.74 Å². The maximum absolute atomic E-state index is 12.4. The van der Waals surface area contributed by atoms with Crippen LogP contribution in [0.15, 0.2) is 30.7 Å². The molecule has 0 amide bonds. The van der Waals surface area contributed by atoms with Crippen LogP contribution in [0.4, 0.5) is 0 Å². The molecular formula is C18H20N2O3S. The molecule has 6 heteroatoms. The van der Waals surface area contributed by atoms with Gasteiger partial charge in [-0.1, -0.05) is 19.3 Å². The van der Waals surface area contributed by atoms with Crippen molar-refractivity contribution >= 4 is 23.1 Å². The van der Waals surface area contributed by atoms with E-state index in [0.717, 1.165) is 31.2 Å². The van der Waals surface area contributed by atoms with Crippen molar-refractivity contribution in [1.29, 1.82) is 0 Å². The van der Waals surface area contributed by atoms with Gasteiger partial charge >= 0.3 is 5.97 Å².